The zero-order chi connectivity index (χ0) is 23.2. The first-order valence-electron chi connectivity index (χ1n) is 11.6. The molecule has 4 rings (SSSR count). The molecule has 3 nitrogen and oxygen atoms in total. The molecule has 1 aromatic heterocycles. The van der Waals surface area contributed by atoms with Crippen LogP contribution in [0, 0.1) is 20.8 Å². The van der Waals surface area contributed by atoms with Crippen molar-refractivity contribution in [2.24, 2.45) is 0 Å². The smallest absolute Gasteiger partial charge is 0.232 e. The van der Waals surface area contributed by atoms with E-state index in [4.69, 9.17) is 14.1 Å². The largest absolute Gasteiger partial charge is 0.496 e. The van der Waals surface area contributed by atoms with E-state index in [0.717, 1.165) is 33.8 Å². The molecule has 0 N–H and O–H groups in total. The molecule has 3 aromatic rings. The van der Waals surface area contributed by atoms with Gasteiger partial charge in [-0.25, -0.2) is 4.98 Å². The van der Waals surface area contributed by atoms with Gasteiger partial charge in [0.1, 0.15) is 5.75 Å². The molecule has 4 heteroatoms. The van der Waals surface area contributed by atoms with Gasteiger partial charge in [-0.15, -0.1) is 0 Å². The van der Waals surface area contributed by atoms with Crippen LogP contribution < -0.4 is 9.92 Å². The van der Waals surface area contributed by atoms with E-state index in [9.17, 15) is 0 Å². The van der Waals surface area contributed by atoms with Gasteiger partial charge in [0.2, 0.25) is 8.32 Å². The monoisotopic (exact) mass is 445 g/mol. The second kappa shape index (κ2) is 8.49. The van der Waals surface area contributed by atoms with E-state index in [-0.39, 0.29) is 0 Å². The van der Waals surface area contributed by atoms with Crippen molar-refractivity contribution in [1.29, 1.82) is 0 Å². The van der Waals surface area contributed by atoms with Gasteiger partial charge < -0.3 is 9.16 Å². The minimum atomic E-state index is -2.21. The first-order valence-corrected chi connectivity index (χ1v) is 13.7. The van der Waals surface area contributed by atoms with Crippen molar-refractivity contribution in [2.45, 2.75) is 66.2 Å². The molecule has 0 unspecified atom stereocenters. The highest BCUT2D eigenvalue weighted by Gasteiger charge is 2.51. The molecule has 168 valence electrons. The van der Waals surface area contributed by atoms with Crippen molar-refractivity contribution in [3.63, 3.8) is 0 Å². The highest BCUT2D eigenvalue weighted by molar-refractivity contribution is 6.90. The maximum Gasteiger partial charge on any atom is 0.232 e. The molecular formula is C28H35NO2Si. The van der Waals surface area contributed by atoms with Crippen LogP contribution in [0.15, 0.2) is 42.5 Å². The molecule has 2 aromatic carbocycles. The average Bonchev–Trinajstić information content (AvgIpc) is 3.17. The van der Waals surface area contributed by atoms with Crippen molar-refractivity contribution in [1.82, 2.24) is 4.98 Å². The first kappa shape index (κ1) is 22.7. The Kier molecular flexibility index (Phi) is 6.04. The van der Waals surface area contributed by atoms with Crippen LogP contribution in [0.5, 0.6) is 5.75 Å². The third-order valence-corrected chi connectivity index (χ3v) is 12.5. The van der Waals surface area contributed by atoms with E-state index in [1.807, 2.05) is 0 Å². The number of pyridine rings is 1. The molecule has 0 radical (unpaired) electrons. The number of hydrogen-bond donors (Lipinski definition) is 0. The fraction of sp³-hybridized carbons (Fsp3) is 0.393. The zero-order valence-electron chi connectivity index (χ0n) is 20.7. The lowest BCUT2D eigenvalue weighted by Gasteiger charge is -2.36. The fourth-order valence-corrected chi connectivity index (χ4v) is 10.6. The summed E-state index contributed by atoms with van der Waals surface area (Å²) in [4.78, 5) is 5.40. The van der Waals surface area contributed by atoms with E-state index in [1.165, 1.54) is 21.9 Å². The van der Waals surface area contributed by atoms with Crippen molar-refractivity contribution in [2.75, 3.05) is 7.11 Å². The van der Waals surface area contributed by atoms with E-state index in [2.05, 4.69) is 90.9 Å². The van der Waals surface area contributed by atoms with Crippen LogP contribution in [0.2, 0.25) is 11.1 Å². The van der Waals surface area contributed by atoms with Gasteiger partial charge in [-0.1, -0.05) is 58.0 Å². The minimum absolute atomic E-state index is 0.476. The van der Waals surface area contributed by atoms with E-state index >= 15 is 0 Å². The summed E-state index contributed by atoms with van der Waals surface area (Å²) in [6.45, 7) is 16.4. The Morgan fingerprint density at radius 1 is 0.875 bits per heavy atom. The van der Waals surface area contributed by atoms with Crippen molar-refractivity contribution >= 4 is 13.5 Å². The number of methoxy groups -OCH3 is 1. The molecule has 2 heterocycles. The molecule has 0 bridgehead atoms. The van der Waals surface area contributed by atoms with Gasteiger partial charge in [0.05, 0.1) is 25.1 Å². The van der Waals surface area contributed by atoms with Crippen LogP contribution in [0.25, 0.3) is 22.5 Å². The van der Waals surface area contributed by atoms with Gasteiger partial charge in [0, 0.05) is 16.3 Å². The predicted octanol–water partition coefficient (Wildman–Crippen LogP) is 6.85. The number of hydrogen-bond acceptors (Lipinski definition) is 3. The molecular weight excluding hydrogens is 410 g/mol. The third kappa shape index (κ3) is 3.41. The fourth-order valence-electron chi connectivity index (χ4n) is 5.66. The normalized spacial score (nSPS) is 14.8. The van der Waals surface area contributed by atoms with Crippen LogP contribution in [0.4, 0.5) is 0 Å². The van der Waals surface area contributed by atoms with E-state index < -0.39 is 8.32 Å². The second-order valence-corrected chi connectivity index (χ2v) is 14.4. The number of aryl methyl sites for hydroxylation is 2. The Hall–Kier alpha value is -2.43. The topological polar surface area (TPSA) is 31.4 Å². The van der Waals surface area contributed by atoms with Crippen molar-refractivity contribution in [3.8, 4) is 28.3 Å². The van der Waals surface area contributed by atoms with Crippen molar-refractivity contribution < 1.29 is 9.16 Å². The van der Waals surface area contributed by atoms with Gasteiger partial charge in [-0.3, -0.25) is 0 Å². The lowest BCUT2D eigenvalue weighted by atomic mass is 9.96. The molecule has 32 heavy (non-hydrogen) atoms. The number of aromatic nitrogens is 1. The Labute approximate surface area is 194 Å². The summed E-state index contributed by atoms with van der Waals surface area (Å²) in [6.07, 6.45) is 0. The Morgan fingerprint density at radius 2 is 1.47 bits per heavy atom. The second-order valence-electron chi connectivity index (χ2n) is 9.69. The lowest BCUT2D eigenvalue weighted by molar-refractivity contribution is 0.299. The van der Waals surface area contributed by atoms with Gasteiger partial charge in [0.15, 0.2) is 0 Å². The van der Waals surface area contributed by atoms with Gasteiger partial charge in [-0.2, -0.15) is 0 Å². The maximum absolute atomic E-state index is 6.83. The highest BCUT2D eigenvalue weighted by Crippen LogP contribution is 2.43. The Bertz CT molecular complexity index is 1120. The quantitative estimate of drug-likeness (QED) is 0.402. The summed E-state index contributed by atoms with van der Waals surface area (Å²) in [5.74, 6) is 0.949. The van der Waals surface area contributed by atoms with Crippen molar-refractivity contribution in [3.05, 3.63) is 64.7 Å². The maximum atomic E-state index is 6.83. The summed E-state index contributed by atoms with van der Waals surface area (Å²) in [5, 5.41) is 1.41. The number of nitrogens with zero attached hydrogens (tertiary/aromatic N) is 1. The van der Waals surface area contributed by atoms with Gasteiger partial charge in [0.25, 0.3) is 0 Å². The summed E-state index contributed by atoms with van der Waals surface area (Å²) >= 11 is 0. The zero-order valence-corrected chi connectivity index (χ0v) is 21.7. The number of fused-ring (bicyclic) bond motifs is 1. The lowest BCUT2D eigenvalue weighted by Crippen LogP contribution is -2.53. The molecule has 0 saturated heterocycles. The summed E-state index contributed by atoms with van der Waals surface area (Å²) in [5.41, 5.74) is 10.3. The first-order chi connectivity index (χ1) is 15.2. The summed E-state index contributed by atoms with van der Waals surface area (Å²) < 4.78 is 12.4. The van der Waals surface area contributed by atoms with E-state index in [1.54, 1.807) is 7.11 Å². The summed E-state index contributed by atoms with van der Waals surface area (Å²) in [6, 6.07) is 15.1. The van der Waals surface area contributed by atoms with Crippen LogP contribution in [0.1, 0.15) is 49.9 Å². The minimum Gasteiger partial charge on any atom is -0.496 e. The highest BCUT2D eigenvalue weighted by atomic mass is 28.4. The predicted molar refractivity (Wildman–Crippen MR) is 136 cm³/mol. The molecule has 0 atom stereocenters. The standard InChI is InChI=1S/C28H35NO2Si/c1-17(2)32(18(3)4)28-24(16-31-32)21(7)25(29-26(28)22-12-10-9-11-13-22)23-14-19(5)27(30-8)20(6)15-23/h9-15,17-18H,16H2,1-8H3. The van der Waals surface area contributed by atoms with Crippen LogP contribution in [-0.2, 0) is 11.0 Å². The third-order valence-electron chi connectivity index (χ3n) is 7.12. The Balaban J connectivity index is 2.06. The molecule has 0 amide bonds. The molecule has 0 spiro atoms. The van der Waals surface area contributed by atoms with Gasteiger partial charge >= 0.3 is 0 Å². The number of ether oxygens (including phenoxy) is 1. The van der Waals surface area contributed by atoms with E-state index in [0.29, 0.717) is 17.7 Å². The molecule has 0 saturated carbocycles. The van der Waals surface area contributed by atoms with Crippen LogP contribution >= 0.6 is 0 Å². The molecule has 0 aliphatic carbocycles. The molecule has 1 aliphatic heterocycles. The summed E-state index contributed by atoms with van der Waals surface area (Å²) in [7, 11) is -0.472. The SMILES string of the molecule is COc1c(C)cc(-c2nc(-c3ccccc3)c3c(c2C)CO[Si]3(C(C)C)C(C)C)cc1C. The molecule has 0 fully saturated rings. The molecule has 1 aliphatic rings. The van der Waals surface area contributed by atoms with Crippen LogP contribution in [-0.4, -0.2) is 20.4 Å². The number of rotatable bonds is 5. The van der Waals surface area contributed by atoms with Crippen LogP contribution in [0.3, 0.4) is 0 Å². The average molecular weight is 446 g/mol. The Morgan fingerprint density at radius 3 is 2.00 bits per heavy atom. The van der Waals surface area contributed by atoms with Gasteiger partial charge in [-0.05, 0) is 66.2 Å². The number of benzene rings is 2.